The Bertz CT molecular complexity index is 594. The van der Waals surface area contributed by atoms with Gasteiger partial charge in [0.1, 0.15) is 4.99 Å². The van der Waals surface area contributed by atoms with Gasteiger partial charge in [-0.05, 0) is 30.2 Å². The van der Waals surface area contributed by atoms with Crippen molar-refractivity contribution in [2.45, 2.75) is 6.42 Å². The van der Waals surface area contributed by atoms with Crippen LogP contribution in [0.25, 0.3) is 0 Å². The Labute approximate surface area is 126 Å². The summed E-state index contributed by atoms with van der Waals surface area (Å²) in [4.78, 5) is 0.399. The number of thiocarbonyl (C=S) groups is 1. The molecule has 2 aromatic rings. The van der Waals surface area contributed by atoms with Gasteiger partial charge in [0.05, 0.1) is 6.20 Å². The predicted molar refractivity (Wildman–Crippen MR) is 85.4 cm³/mol. The van der Waals surface area contributed by atoms with E-state index in [1.807, 2.05) is 37.6 Å². The minimum Gasteiger partial charge on any atom is -0.389 e. The Morgan fingerprint density at radius 1 is 1.53 bits per heavy atom. The lowest BCUT2D eigenvalue weighted by atomic mass is 10.1. The zero-order valence-corrected chi connectivity index (χ0v) is 13.0. The molecule has 2 rings (SSSR count). The van der Waals surface area contributed by atoms with Gasteiger partial charge in [0.2, 0.25) is 0 Å². The van der Waals surface area contributed by atoms with E-state index in [9.17, 15) is 0 Å². The summed E-state index contributed by atoms with van der Waals surface area (Å²) in [6.07, 6.45) is 4.78. The molecule has 0 unspecified atom stereocenters. The molecule has 4 nitrogen and oxygen atoms in total. The third kappa shape index (κ3) is 3.78. The van der Waals surface area contributed by atoms with E-state index in [1.165, 1.54) is 5.56 Å². The van der Waals surface area contributed by atoms with Crippen molar-refractivity contribution >= 4 is 38.8 Å². The van der Waals surface area contributed by atoms with Crippen LogP contribution in [0.1, 0.15) is 11.1 Å². The minimum atomic E-state index is 0.399. The molecular weight excluding hydrogens is 324 g/mol. The predicted octanol–water partition coefficient (Wildman–Crippen LogP) is 2.47. The van der Waals surface area contributed by atoms with Gasteiger partial charge in [-0.25, -0.2) is 0 Å². The van der Waals surface area contributed by atoms with E-state index in [2.05, 4.69) is 26.3 Å². The maximum absolute atomic E-state index is 5.71. The molecule has 0 bridgehead atoms. The molecule has 1 aromatic heterocycles. The van der Waals surface area contributed by atoms with Gasteiger partial charge in [-0.1, -0.05) is 28.1 Å². The number of aromatic nitrogens is 2. The van der Waals surface area contributed by atoms with Crippen molar-refractivity contribution in [2.24, 2.45) is 12.8 Å². The van der Waals surface area contributed by atoms with Crippen molar-refractivity contribution in [2.75, 3.05) is 11.9 Å². The van der Waals surface area contributed by atoms with E-state index in [0.717, 1.165) is 28.7 Å². The van der Waals surface area contributed by atoms with Gasteiger partial charge in [0, 0.05) is 35.5 Å². The minimum absolute atomic E-state index is 0.399. The first-order chi connectivity index (χ1) is 9.06. The molecule has 100 valence electrons. The van der Waals surface area contributed by atoms with Crippen LogP contribution in [-0.4, -0.2) is 21.3 Å². The Morgan fingerprint density at radius 2 is 2.32 bits per heavy atom. The van der Waals surface area contributed by atoms with Gasteiger partial charge in [-0.15, -0.1) is 0 Å². The van der Waals surface area contributed by atoms with Crippen LogP contribution >= 0.6 is 28.1 Å². The summed E-state index contributed by atoms with van der Waals surface area (Å²) in [5.74, 6) is 0. The summed E-state index contributed by atoms with van der Waals surface area (Å²) in [7, 11) is 1.91. The molecule has 6 heteroatoms. The number of hydrogen-bond donors (Lipinski definition) is 2. The molecule has 0 saturated heterocycles. The first-order valence-corrected chi connectivity index (χ1v) is 7.07. The fraction of sp³-hybridized carbons (Fsp3) is 0.231. The number of benzene rings is 1. The molecule has 0 aliphatic rings. The highest BCUT2D eigenvalue weighted by Crippen LogP contribution is 2.21. The van der Waals surface area contributed by atoms with Crippen molar-refractivity contribution < 1.29 is 0 Å². The van der Waals surface area contributed by atoms with Crippen molar-refractivity contribution in [1.82, 2.24) is 9.78 Å². The number of anilines is 1. The maximum atomic E-state index is 5.71. The normalized spacial score (nSPS) is 10.4. The number of hydrogen-bond acceptors (Lipinski definition) is 3. The number of nitrogens with zero attached hydrogens (tertiary/aromatic N) is 2. The lowest BCUT2D eigenvalue weighted by Gasteiger charge is -2.11. The summed E-state index contributed by atoms with van der Waals surface area (Å²) < 4.78 is 2.80. The lowest BCUT2D eigenvalue weighted by Crippen LogP contribution is -2.14. The monoisotopic (exact) mass is 338 g/mol. The molecule has 0 radical (unpaired) electrons. The molecular formula is C13H15BrN4S. The number of nitrogens with one attached hydrogen (secondary N) is 1. The standard InChI is InChI=1S/C13H15BrN4S/c1-18-8-9(7-17-18)4-5-16-12-6-10(14)2-3-11(12)13(15)19/h2-3,6-8,16H,4-5H2,1H3,(H2,15,19). The smallest absolute Gasteiger partial charge is 0.106 e. The number of halogens is 1. The van der Waals surface area contributed by atoms with E-state index in [4.69, 9.17) is 18.0 Å². The van der Waals surface area contributed by atoms with Gasteiger partial charge in [-0.2, -0.15) is 5.10 Å². The highest BCUT2D eigenvalue weighted by molar-refractivity contribution is 9.10. The molecule has 19 heavy (non-hydrogen) atoms. The Morgan fingerprint density at radius 3 is 2.95 bits per heavy atom. The number of aryl methyl sites for hydroxylation is 1. The molecule has 0 aliphatic carbocycles. The van der Waals surface area contributed by atoms with Gasteiger partial charge >= 0.3 is 0 Å². The average molecular weight is 339 g/mol. The second-order valence-corrected chi connectivity index (χ2v) is 5.61. The quantitative estimate of drug-likeness (QED) is 0.822. The maximum Gasteiger partial charge on any atom is 0.106 e. The van der Waals surface area contributed by atoms with Crippen LogP contribution in [0.3, 0.4) is 0 Å². The van der Waals surface area contributed by atoms with E-state index < -0.39 is 0 Å². The summed E-state index contributed by atoms with van der Waals surface area (Å²) in [6, 6.07) is 5.83. The van der Waals surface area contributed by atoms with E-state index >= 15 is 0 Å². The second kappa shape index (κ2) is 6.16. The number of nitrogens with two attached hydrogens (primary N) is 1. The van der Waals surface area contributed by atoms with E-state index in [1.54, 1.807) is 4.68 Å². The zero-order valence-electron chi connectivity index (χ0n) is 10.6. The lowest BCUT2D eigenvalue weighted by molar-refractivity contribution is 0.767. The van der Waals surface area contributed by atoms with Gasteiger partial charge in [0.15, 0.2) is 0 Å². The largest absolute Gasteiger partial charge is 0.389 e. The van der Waals surface area contributed by atoms with Gasteiger partial charge < -0.3 is 11.1 Å². The summed E-state index contributed by atoms with van der Waals surface area (Å²) in [5, 5.41) is 7.50. The van der Waals surface area contributed by atoms with Crippen molar-refractivity contribution in [1.29, 1.82) is 0 Å². The molecule has 0 saturated carbocycles. The van der Waals surface area contributed by atoms with E-state index in [-0.39, 0.29) is 0 Å². The first-order valence-electron chi connectivity index (χ1n) is 5.87. The topological polar surface area (TPSA) is 55.9 Å². The van der Waals surface area contributed by atoms with Crippen LogP contribution in [0.4, 0.5) is 5.69 Å². The second-order valence-electron chi connectivity index (χ2n) is 4.25. The summed E-state index contributed by atoms with van der Waals surface area (Å²) in [5.41, 5.74) is 8.72. The van der Waals surface area contributed by atoms with Crippen LogP contribution in [0.15, 0.2) is 35.1 Å². The highest BCUT2D eigenvalue weighted by atomic mass is 79.9. The summed E-state index contributed by atoms with van der Waals surface area (Å²) in [6.45, 7) is 0.803. The zero-order chi connectivity index (χ0) is 13.8. The summed E-state index contributed by atoms with van der Waals surface area (Å²) >= 11 is 8.50. The van der Waals surface area contributed by atoms with E-state index in [0.29, 0.717) is 4.99 Å². The van der Waals surface area contributed by atoms with Crippen molar-refractivity contribution in [3.8, 4) is 0 Å². The molecule has 1 heterocycles. The van der Waals surface area contributed by atoms with Crippen LogP contribution in [-0.2, 0) is 13.5 Å². The third-order valence-corrected chi connectivity index (χ3v) is 3.45. The Hall–Kier alpha value is -1.40. The van der Waals surface area contributed by atoms with Gasteiger partial charge in [0.25, 0.3) is 0 Å². The SMILES string of the molecule is Cn1cc(CCNc2cc(Br)ccc2C(N)=S)cn1. The van der Waals surface area contributed by atoms with Crippen LogP contribution in [0.5, 0.6) is 0 Å². The third-order valence-electron chi connectivity index (χ3n) is 2.73. The van der Waals surface area contributed by atoms with Crippen LogP contribution in [0.2, 0.25) is 0 Å². The Kier molecular flexibility index (Phi) is 4.55. The molecule has 0 aliphatic heterocycles. The fourth-order valence-electron chi connectivity index (χ4n) is 1.82. The molecule has 0 spiro atoms. The molecule has 1 aromatic carbocycles. The fourth-order valence-corrected chi connectivity index (χ4v) is 2.36. The van der Waals surface area contributed by atoms with Crippen molar-refractivity contribution in [3.63, 3.8) is 0 Å². The average Bonchev–Trinajstić information content (AvgIpc) is 2.75. The highest BCUT2D eigenvalue weighted by Gasteiger charge is 2.05. The van der Waals surface area contributed by atoms with Crippen LogP contribution in [0, 0.1) is 0 Å². The Balaban J connectivity index is 2.02. The van der Waals surface area contributed by atoms with Crippen molar-refractivity contribution in [3.05, 3.63) is 46.2 Å². The molecule has 0 atom stereocenters. The molecule has 3 N–H and O–H groups in total. The number of rotatable bonds is 5. The molecule has 0 amide bonds. The van der Waals surface area contributed by atoms with Gasteiger partial charge in [-0.3, -0.25) is 4.68 Å². The first kappa shape index (κ1) is 14.0. The van der Waals surface area contributed by atoms with Crippen LogP contribution < -0.4 is 11.1 Å². The molecule has 0 fully saturated rings.